The van der Waals surface area contributed by atoms with Crippen LogP contribution in [0.4, 0.5) is 0 Å². The first-order valence-electron chi connectivity index (χ1n) is 6.82. The fraction of sp³-hybridized carbons (Fsp3) is 0.929. The van der Waals surface area contributed by atoms with Gasteiger partial charge in [0, 0.05) is 5.41 Å². The molecule has 3 nitrogen and oxygen atoms in total. The maximum atomic E-state index is 12.1. The highest BCUT2D eigenvalue weighted by molar-refractivity contribution is 5.76. The molecule has 2 aliphatic carbocycles. The fourth-order valence-corrected chi connectivity index (χ4v) is 3.64. The first-order valence-corrected chi connectivity index (χ1v) is 6.82. The molecule has 0 unspecified atom stereocenters. The second-order valence-electron chi connectivity index (χ2n) is 6.94. The number of cyclic esters (lactones) is 1. The Bertz CT molecular complexity index is 344. The van der Waals surface area contributed by atoms with Crippen LogP contribution in [0.25, 0.3) is 0 Å². The lowest BCUT2D eigenvalue weighted by Gasteiger charge is -2.61. The van der Waals surface area contributed by atoms with Crippen LogP contribution in [0.1, 0.15) is 52.9 Å². The van der Waals surface area contributed by atoms with Crippen LogP contribution in [0.3, 0.4) is 0 Å². The third-order valence-electron chi connectivity index (χ3n) is 4.71. The van der Waals surface area contributed by atoms with Crippen molar-refractivity contribution in [3.63, 3.8) is 0 Å². The summed E-state index contributed by atoms with van der Waals surface area (Å²) in [5.74, 6) is 0.597. The zero-order valence-electron chi connectivity index (χ0n) is 11.0. The Hall–Kier alpha value is -0.570. The van der Waals surface area contributed by atoms with E-state index < -0.39 is 0 Å². The average molecular weight is 238 g/mol. The third-order valence-corrected chi connectivity index (χ3v) is 4.71. The number of ether oxygens (including phenoxy) is 2. The summed E-state index contributed by atoms with van der Waals surface area (Å²) in [6.45, 7) is 6.20. The lowest BCUT2D eigenvalue weighted by Crippen LogP contribution is -2.67. The van der Waals surface area contributed by atoms with Gasteiger partial charge in [0.25, 0.3) is 0 Å². The number of carbonyl (C=O) groups excluding carboxylic acids is 1. The molecule has 4 atom stereocenters. The Morgan fingerprint density at radius 2 is 2.06 bits per heavy atom. The molecule has 0 radical (unpaired) electrons. The van der Waals surface area contributed by atoms with Crippen molar-refractivity contribution >= 4 is 5.97 Å². The minimum Gasteiger partial charge on any atom is -0.435 e. The largest absolute Gasteiger partial charge is 0.435 e. The second kappa shape index (κ2) is 3.47. The predicted molar refractivity (Wildman–Crippen MR) is 63.2 cm³/mol. The summed E-state index contributed by atoms with van der Waals surface area (Å²) in [6.07, 6.45) is 5.36. The van der Waals surface area contributed by atoms with E-state index >= 15 is 0 Å². The Morgan fingerprint density at radius 3 is 2.71 bits per heavy atom. The van der Waals surface area contributed by atoms with Gasteiger partial charge < -0.3 is 9.47 Å². The lowest BCUT2D eigenvalue weighted by molar-refractivity contribution is -0.339. The van der Waals surface area contributed by atoms with Gasteiger partial charge in [0.15, 0.2) is 0 Å². The maximum Gasteiger partial charge on any atom is 0.314 e. The van der Waals surface area contributed by atoms with E-state index in [1.165, 1.54) is 19.3 Å². The first kappa shape index (κ1) is 11.5. The van der Waals surface area contributed by atoms with Crippen molar-refractivity contribution < 1.29 is 14.3 Å². The van der Waals surface area contributed by atoms with Gasteiger partial charge in [-0.3, -0.25) is 4.79 Å². The fourth-order valence-electron chi connectivity index (χ4n) is 3.64. The molecule has 0 amide bonds. The molecule has 17 heavy (non-hydrogen) atoms. The van der Waals surface area contributed by atoms with E-state index in [2.05, 4.69) is 20.8 Å². The van der Waals surface area contributed by atoms with Gasteiger partial charge in [-0.15, -0.1) is 0 Å². The number of carbonyl (C=O) groups is 1. The highest BCUT2D eigenvalue weighted by atomic mass is 16.7. The predicted octanol–water partition coefficient (Wildman–Crippen LogP) is 2.88. The molecule has 3 heteroatoms. The minimum atomic E-state index is -0.368. The Kier molecular flexibility index (Phi) is 2.35. The van der Waals surface area contributed by atoms with Gasteiger partial charge in [-0.25, -0.2) is 0 Å². The van der Waals surface area contributed by atoms with E-state index in [4.69, 9.17) is 9.47 Å². The van der Waals surface area contributed by atoms with Gasteiger partial charge >= 0.3 is 5.97 Å². The van der Waals surface area contributed by atoms with E-state index in [1.54, 1.807) is 0 Å². The Labute approximate surface area is 103 Å². The van der Waals surface area contributed by atoms with Crippen LogP contribution in [-0.2, 0) is 14.3 Å². The van der Waals surface area contributed by atoms with Crippen LogP contribution in [-0.4, -0.2) is 17.9 Å². The van der Waals surface area contributed by atoms with Gasteiger partial charge in [-0.1, -0.05) is 33.6 Å². The maximum absolute atomic E-state index is 12.1. The number of rotatable bonds is 0. The molecule has 0 aromatic carbocycles. The average Bonchev–Trinajstić information content (AvgIpc) is 2.18. The molecule has 1 spiro atoms. The van der Waals surface area contributed by atoms with Crippen molar-refractivity contribution in [1.29, 1.82) is 0 Å². The zero-order valence-corrected chi connectivity index (χ0v) is 11.0. The lowest BCUT2D eigenvalue weighted by atomic mass is 9.54. The zero-order chi connectivity index (χ0) is 12.3. The van der Waals surface area contributed by atoms with Gasteiger partial charge in [0.1, 0.15) is 0 Å². The SMILES string of the molecule is CC(C)(C)[C@H]1OC(=O)[C@H]2C[C@H]3CCCC[C@@]32O1. The van der Waals surface area contributed by atoms with Crippen LogP contribution in [0, 0.1) is 17.3 Å². The van der Waals surface area contributed by atoms with Crippen molar-refractivity contribution in [3.05, 3.63) is 0 Å². The summed E-state index contributed by atoms with van der Waals surface area (Å²) in [7, 11) is 0. The molecule has 2 saturated carbocycles. The van der Waals surface area contributed by atoms with E-state index in [0.29, 0.717) is 5.92 Å². The molecule has 0 bridgehead atoms. The first-order chi connectivity index (χ1) is 7.93. The molecular formula is C14H22O3. The summed E-state index contributed by atoms with van der Waals surface area (Å²) in [6, 6.07) is 0. The monoisotopic (exact) mass is 238 g/mol. The van der Waals surface area contributed by atoms with Crippen LogP contribution in [0.5, 0.6) is 0 Å². The summed E-state index contributed by atoms with van der Waals surface area (Å²) >= 11 is 0. The molecule has 1 aliphatic heterocycles. The van der Waals surface area contributed by atoms with Crippen LogP contribution in [0.15, 0.2) is 0 Å². The van der Waals surface area contributed by atoms with E-state index in [9.17, 15) is 4.79 Å². The molecule has 1 saturated heterocycles. The van der Waals surface area contributed by atoms with Crippen molar-refractivity contribution in [2.75, 3.05) is 0 Å². The van der Waals surface area contributed by atoms with Gasteiger partial charge in [-0.2, -0.15) is 0 Å². The van der Waals surface area contributed by atoms with Crippen molar-refractivity contribution in [1.82, 2.24) is 0 Å². The molecule has 3 aliphatic rings. The number of hydrogen-bond donors (Lipinski definition) is 0. The van der Waals surface area contributed by atoms with Crippen molar-refractivity contribution in [3.8, 4) is 0 Å². The van der Waals surface area contributed by atoms with Crippen molar-refractivity contribution in [2.24, 2.45) is 17.3 Å². The highest BCUT2D eigenvalue weighted by Gasteiger charge is 2.64. The Balaban J connectivity index is 1.86. The van der Waals surface area contributed by atoms with Crippen LogP contribution >= 0.6 is 0 Å². The Morgan fingerprint density at radius 1 is 1.29 bits per heavy atom. The van der Waals surface area contributed by atoms with Gasteiger partial charge in [-0.05, 0) is 25.2 Å². The quantitative estimate of drug-likeness (QED) is 0.609. The summed E-state index contributed by atoms with van der Waals surface area (Å²) in [4.78, 5) is 12.1. The summed E-state index contributed by atoms with van der Waals surface area (Å²) in [5, 5.41) is 0. The van der Waals surface area contributed by atoms with E-state index in [1.807, 2.05) is 0 Å². The van der Waals surface area contributed by atoms with E-state index in [0.717, 1.165) is 12.8 Å². The molecule has 0 aromatic rings. The van der Waals surface area contributed by atoms with Gasteiger partial charge in [0.05, 0.1) is 11.5 Å². The summed E-state index contributed by atoms with van der Waals surface area (Å²) < 4.78 is 11.7. The smallest absolute Gasteiger partial charge is 0.314 e. The number of esters is 1. The number of hydrogen-bond acceptors (Lipinski definition) is 3. The molecule has 0 aromatic heterocycles. The molecule has 3 rings (SSSR count). The normalized spacial score (nSPS) is 45.4. The van der Waals surface area contributed by atoms with Gasteiger partial charge in [0.2, 0.25) is 6.29 Å². The van der Waals surface area contributed by atoms with Crippen LogP contribution in [0.2, 0.25) is 0 Å². The van der Waals surface area contributed by atoms with E-state index in [-0.39, 0.29) is 29.2 Å². The molecule has 3 fully saturated rings. The molecular weight excluding hydrogens is 216 g/mol. The molecule has 0 N–H and O–H groups in total. The minimum absolute atomic E-state index is 0.0191. The second-order valence-corrected chi connectivity index (χ2v) is 6.94. The highest BCUT2D eigenvalue weighted by Crippen LogP contribution is 2.58. The third kappa shape index (κ3) is 1.55. The van der Waals surface area contributed by atoms with Crippen LogP contribution < -0.4 is 0 Å². The molecule has 1 heterocycles. The topological polar surface area (TPSA) is 35.5 Å². The summed E-state index contributed by atoms with van der Waals surface area (Å²) in [5.41, 5.74) is -0.293. The van der Waals surface area contributed by atoms with Crippen molar-refractivity contribution in [2.45, 2.75) is 64.8 Å². The standard InChI is InChI=1S/C14H22O3/c1-13(2,3)12-16-11(15)10-8-9-6-4-5-7-14(9,10)17-12/h9-10,12H,4-8H2,1-3H3/t9-,10-,12+,14-/m1/s1. The molecule has 96 valence electrons.